The lowest BCUT2D eigenvalue weighted by Gasteiger charge is -2.17. The molecule has 4 heteroatoms. The van der Waals surface area contributed by atoms with E-state index in [0.29, 0.717) is 0 Å². The van der Waals surface area contributed by atoms with Gasteiger partial charge in [-0.1, -0.05) is 20.8 Å². The molecule has 0 saturated heterocycles. The van der Waals surface area contributed by atoms with Gasteiger partial charge in [-0.25, -0.2) is 0 Å². The van der Waals surface area contributed by atoms with Crippen LogP contribution in [0, 0.1) is 23.3 Å². The molecule has 1 amide bonds. The van der Waals surface area contributed by atoms with Crippen molar-refractivity contribution in [2.75, 3.05) is 0 Å². The fourth-order valence-corrected chi connectivity index (χ4v) is 0.633. The van der Waals surface area contributed by atoms with Crippen LogP contribution >= 0.6 is 0 Å². The normalized spacial score (nSPS) is 12.4. The van der Waals surface area contributed by atoms with Crippen LogP contribution in [-0.2, 0) is 4.79 Å². The molecule has 0 aliphatic heterocycles. The van der Waals surface area contributed by atoms with Crippen molar-refractivity contribution >= 4 is 5.91 Å². The summed E-state index contributed by atoms with van der Waals surface area (Å²) in [5.41, 5.74) is -1.16. The van der Waals surface area contributed by atoms with E-state index in [1.165, 1.54) is 6.07 Å². The molecular weight excluding hydrogens is 168 g/mol. The van der Waals surface area contributed by atoms with Crippen LogP contribution in [0.3, 0.4) is 0 Å². The van der Waals surface area contributed by atoms with Gasteiger partial charge in [-0.2, -0.15) is 10.1 Å². The Balaban J connectivity index is 5.34. The van der Waals surface area contributed by atoms with Crippen LogP contribution in [-0.4, -0.2) is 11.0 Å². The lowest BCUT2D eigenvalue weighted by molar-refractivity contribution is -0.111. The number of hydrogen-bond donors (Lipinski definition) is 1. The van der Waals surface area contributed by atoms with Gasteiger partial charge in [0.05, 0.1) is 12.6 Å². The van der Waals surface area contributed by atoms with Gasteiger partial charge >= 0.3 is 5.91 Å². The van der Waals surface area contributed by atoms with E-state index in [0.717, 1.165) is 0 Å². The molecule has 0 aliphatic rings. The van der Waals surface area contributed by atoms with Gasteiger partial charge in [-0.15, -0.1) is 0 Å². The number of allylic oxidation sites excluding steroid dienone is 1. The largest absolute Gasteiger partial charge is 0.512 e. The molecular formula is C9H10N2O2. The van der Waals surface area contributed by atoms with Crippen molar-refractivity contribution in [2.24, 2.45) is 5.41 Å². The van der Waals surface area contributed by atoms with E-state index in [-0.39, 0.29) is 5.76 Å². The van der Waals surface area contributed by atoms with Crippen molar-refractivity contribution < 1.29 is 9.90 Å². The Morgan fingerprint density at radius 1 is 1.54 bits per heavy atom. The van der Waals surface area contributed by atoms with Crippen molar-refractivity contribution in [3.05, 3.63) is 22.7 Å². The standard InChI is InChI=1S/C9H10N2O2/c1-9(2,3)7(12)6(5-10)8(13)11-4/h12H,1-3H3/b7-6-. The van der Waals surface area contributed by atoms with Gasteiger partial charge in [0, 0.05) is 5.41 Å². The lowest BCUT2D eigenvalue weighted by Crippen LogP contribution is -2.14. The first-order valence-electron chi connectivity index (χ1n) is 3.60. The van der Waals surface area contributed by atoms with Crippen LogP contribution < -0.4 is 0 Å². The van der Waals surface area contributed by atoms with Crippen molar-refractivity contribution in [2.45, 2.75) is 20.8 Å². The van der Waals surface area contributed by atoms with Crippen LogP contribution in [0.2, 0.25) is 0 Å². The van der Waals surface area contributed by atoms with Gasteiger partial charge in [-0.3, -0.25) is 0 Å². The number of carbonyl (C=O) groups excluding carboxylic acids is 1. The summed E-state index contributed by atoms with van der Waals surface area (Å²) in [6, 6.07) is 1.53. The Kier molecular flexibility index (Phi) is 3.21. The van der Waals surface area contributed by atoms with Crippen LogP contribution in [0.15, 0.2) is 11.3 Å². The van der Waals surface area contributed by atoms with Gasteiger partial charge in [0.15, 0.2) is 0 Å². The summed E-state index contributed by atoms with van der Waals surface area (Å²) in [4.78, 5) is 13.4. The molecule has 0 spiro atoms. The van der Waals surface area contributed by atoms with E-state index in [2.05, 4.69) is 4.85 Å². The number of aliphatic hydroxyl groups excluding tert-OH is 1. The fraction of sp³-hybridized carbons (Fsp3) is 0.444. The van der Waals surface area contributed by atoms with E-state index >= 15 is 0 Å². The third-order valence-electron chi connectivity index (χ3n) is 1.37. The van der Waals surface area contributed by atoms with E-state index in [1.807, 2.05) is 0 Å². The molecule has 0 aromatic heterocycles. The van der Waals surface area contributed by atoms with E-state index < -0.39 is 16.9 Å². The van der Waals surface area contributed by atoms with Crippen molar-refractivity contribution in [3.8, 4) is 6.07 Å². The zero-order chi connectivity index (χ0) is 10.6. The predicted molar refractivity (Wildman–Crippen MR) is 46.3 cm³/mol. The number of amides is 1. The highest BCUT2D eigenvalue weighted by atomic mass is 16.3. The maximum absolute atomic E-state index is 10.8. The second kappa shape index (κ2) is 3.73. The molecule has 0 radical (unpaired) electrons. The average Bonchev–Trinajstić information content (AvgIpc) is 2.03. The third kappa shape index (κ3) is 2.61. The van der Waals surface area contributed by atoms with Crippen LogP contribution in [0.4, 0.5) is 0 Å². The van der Waals surface area contributed by atoms with Gasteiger partial charge in [-0.05, 0) is 0 Å². The van der Waals surface area contributed by atoms with Crippen molar-refractivity contribution in [1.29, 1.82) is 5.26 Å². The van der Waals surface area contributed by atoms with Crippen LogP contribution in [0.25, 0.3) is 4.85 Å². The van der Waals surface area contributed by atoms with Crippen LogP contribution in [0.1, 0.15) is 20.8 Å². The zero-order valence-corrected chi connectivity index (χ0v) is 7.75. The van der Waals surface area contributed by atoms with Gasteiger partial charge in [0.2, 0.25) is 0 Å². The van der Waals surface area contributed by atoms with Crippen LogP contribution in [0.5, 0.6) is 0 Å². The number of rotatable bonds is 1. The number of nitriles is 1. The molecule has 0 atom stereocenters. The summed E-state index contributed by atoms with van der Waals surface area (Å²) in [7, 11) is 0. The second-order valence-electron chi connectivity index (χ2n) is 3.50. The first kappa shape index (κ1) is 11.2. The fourth-order valence-electron chi connectivity index (χ4n) is 0.633. The highest BCUT2D eigenvalue weighted by molar-refractivity contribution is 6.04. The predicted octanol–water partition coefficient (Wildman–Crippen LogP) is 1.81. The molecule has 4 nitrogen and oxygen atoms in total. The molecule has 0 fully saturated rings. The third-order valence-corrected chi connectivity index (χ3v) is 1.37. The smallest absolute Gasteiger partial charge is 0.399 e. The summed E-state index contributed by atoms with van der Waals surface area (Å²) in [6.45, 7) is 11.4. The number of aliphatic hydroxyl groups is 1. The number of hydrogen-bond acceptors (Lipinski definition) is 3. The van der Waals surface area contributed by atoms with E-state index in [9.17, 15) is 9.90 Å². The van der Waals surface area contributed by atoms with E-state index in [1.54, 1.807) is 20.8 Å². The van der Waals surface area contributed by atoms with E-state index in [4.69, 9.17) is 11.8 Å². The topological polar surface area (TPSA) is 65.5 Å². The molecule has 0 heterocycles. The molecule has 0 unspecified atom stereocenters. The van der Waals surface area contributed by atoms with Crippen molar-refractivity contribution in [1.82, 2.24) is 0 Å². The Labute approximate surface area is 76.9 Å². The lowest BCUT2D eigenvalue weighted by atomic mass is 9.91. The highest BCUT2D eigenvalue weighted by Crippen LogP contribution is 2.25. The Morgan fingerprint density at radius 3 is 2.23 bits per heavy atom. The SMILES string of the molecule is [C-]#[N+]C(=O)/C(C#N)=C(\O)C(C)(C)C. The van der Waals surface area contributed by atoms with Gasteiger partial charge in [0.1, 0.15) is 11.3 Å². The summed E-state index contributed by atoms with van der Waals surface area (Å²) >= 11 is 0. The Morgan fingerprint density at radius 2 is 2.00 bits per heavy atom. The van der Waals surface area contributed by atoms with Gasteiger partial charge in [0.25, 0.3) is 0 Å². The molecule has 13 heavy (non-hydrogen) atoms. The molecule has 0 aromatic carbocycles. The minimum atomic E-state index is -1.02. The first-order chi connectivity index (χ1) is 5.84. The Hall–Kier alpha value is -1.81. The summed E-state index contributed by atoms with van der Waals surface area (Å²) in [5, 5.41) is 18.0. The maximum atomic E-state index is 10.8. The molecule has 0 saturated carbocycles. The minimum absolute atomic E-state index is 0.337. The summed E-state index contributed by atoms with van der Waals surface area (Å²) in [6.07, 6.45) is 0. The quantitative estimate of drug-likeness (QED) is 0.288. The summed E-state index contributed by atoms with van der Waals surface area (Å²) in [5.74, 6) is -1.36. The van der Waals surface area contributed by atoms with Crippen molar-refractivity contribution in [3.63, 3.8) is 0 Å². The first-order valence-corrected chi connectivity index (χ1v) is 3.60. The Bertz CT molecular complexity index is 334. The average molecular weight is 178 g/mol. The van der Waals surface area contributed by atoms with Gasteiger partial charge < -0.3 is 9.90 Å². The second-order valence-corrected chi connectivity index (χ2v) is 3.50. The molecule has 0 aromatic rings. The molecule has 0 bridgehead atoms. The highest BCUT2D eigenvalue weighted by Gasteiger charge is 2.24. The molecule has 0 rings (SSSR count). The maximum Gasteiger partial charge on any atom is 0.399 e. The molecule has 68 valence electrons. The monoisotopic (exact) mass is 178 g/mol. The zero-order valence-electron chi connectivity index (χ0n) is 7.75. The number of nitrogens with zero attached hydrogens (tertiary/aromatic N) is 2. The molecule has 0 aliphatic carbocycles. The minimum Gasteiger partial charge on any atom is -0.512 e. The summed E-state index contributed by atoms with van der Waals surface area (Å²) < 4.78 is 0. The number of carbonyl (C=O) groups is 1. The molecule has 1 N–H and O–H groups in total.